The molecule has 7 heteroatoms. The maximum Gasteiger partial charge on any atom is 0.328 e. The molecule has 0 fully saturated rings. The third-order valence-corrected chi connectivity index (χ3v) is 3.75. The molecule has 0 aliphatic rings. The monoisotopic (exact) mass is 286 g/mol. The Labute approximate surface area is 115 Å². The van der Waals surface area contributed by atoms with Crippen molar-refractivity contribution in [3.05, 3.63) is 21.9 Å². The lowest BCUT2D eigenvalue weighted by Crippen LogP contribution is -2.51. The Balaban J connectivity index is 2.57. The third-order valence-electron chi connectivity index (χ3n) is 2.57. The molecule has 6 nitrogen and oxygen atoms in total. The van der Waals surface area contributed by atoms with Crippen LogP contribution in [0.2, 0.25) is 0 Å². The molecular weight excluding hydrogens is 268 g/mol. The number of hydrogen-bond acceptors (Lipinski definition) is 4. The molecule has 1 unspecified atom stereocenters. The predicted molar refractivity (Wildman–Crippen MR) is 72.2 cm³/mol. The van der Waals surface area contributed by atoms with E-state index in [1.165, 1.54) is 6.92 Å². The van der Waals surface area contributed by atoms with E-state index in [2.05, 4.69) is 10.6 Å². The van der Waals surface area contributed by atoms with Crippen LogP contribution in [0.3, 0.4) is 0 Å². The van der Waals surface area contributed by atoms with Gasteiger partial charge in [-0.15, -0.1) is 11.3 Å². The molecule has 106 valence electrons. The van der Waals surface area contributed by atoms with Gasteiger partial charge < -0.3 is 20.8 Å². The number of carboxylic acid groups (broad SMARTS) is 1. The smallest absolute Gasteiger partial charge is 0.328 e. The van der Waals surface area contributed by atoms with Crippen molar-refractivity contribution in [1.82, 2.24) is 10.6 Å². The highest BCUT2D eigenvalue weighted by Crippen LogP contribution is 2.22. The van der Waals surface area contributed by atoms with Gasteiger partial charge in [0.1, 0.15) is 0 Å². The number of thiophene rings is 1. The summed E-state index contributed by atoms with van der Waals surface area (Å²) in [6.45, 7) is 5.09. The summed E-state index contributed by atoms with van der Waals surface area (Å²) >= 11 is 1.56. The molecule has 0 aromatic carbocycles. The summed E-state index contributed by atoms with van der Waals surface area (Å²) in [6, 6.07) is 1.70. The highest BCUT2D eigenvalue weighted by molar-refractivity contribution is 7.12. The van der Waals surface area contributed by atoms with Crippen LogP contribution in [0.15, 0.2) is 12.1 Å². The number of aliphatic hydroxyl groups excluding tert-OH is 1. The minimum absolute atomic E-state index is 0.220. The SMILES string of the molecule is Cc1ccc(C(C)NC(=O)N[C@H](C(=O)O)[C@@H](C)O)s1. The summed E-state index contributed by atoms with van der Waals surface area (Å²) in [5.74, 6) is -1.27. The number of rotatable bonds is 5. The fraction of sp³-hybridized carbons (Fsp3) is 0.500. The Hall–Kier alpha value is -1.60. The van der Waals surface area contributed by atoms with Crippen LogP contribution in [0.25, 0.3) is 0 Å². The molecular formula is C12H18N2O4S. The molecule has 3 atom stereocenters. The molecule has 0 aliphatic carbocycles. The number of carbonyl (C=O) groups excluding carboxylic acids is 1. The number of urea groups is 1. The van der Waals surface area contributed by atoms with Gasteiger partial charge in [0.2, 0.25) is 0 Å². The lowest BCUT2D eigenvalue weighted by atomic mass is 10.2. The zero-order chi connectivity index (χ0) is 14.6. The van der Waals surface area contributed by atoms with Crippen molar-refractivity contribution in [3.63, 3.8) is 0 Å². The van der Waals surface area contributed by atoms with E-state index in [9.17, 15) is 14.7 Å². The largest absolute Gasteiger partial charge is 0.480 e. The van der Waals surface area contributed by atoms with Gasteiger partial charge in [-0.1, -0.05) is 0 Å². The van der Waals surface area contributed by atoms with Gasteiger partial charge in [0.05, 0.1) is 12.1 Å². The van der Waals surface area contributed by atoms with E-state index in [1.54, 1.807) is 11.3 Å². The second kappa shape index (κ2) is 6.53. The zero-order valence-electron chi connectivity index (χ0n) is 11.0. The Morgan fingerprint density at radius 3 is 2.32 bits per heavy atom. The normalized spacial score (nSPS) is 15.4. The number of hydrogen-bond donors (Lipinski definition) is 4. The fourth-order valence-corrected chi connectivity index (χ4v) is 2.41. The van der Waals surface area contributed by atoms with Crippen molar-refractivity contribution in [1.29, 1.82) is 0 Å². The van der Waals surface area contributed by atoms with Crippen molar-refractivity contribution < 1.29 is 19.8 Å². The molecule has 1 rings (SSSR count). The fourth-order valence-electron chi connectivity index (χ4n) is 1.53. The summed E-state index contributed by atoms with van der Waals surface area (Å²) in [6.07, 6.45) is -1.16. The Morgan fingerprint density at radius 1 is 1.26 bits per heavy atom. The predicted octanol–water partition coefficient (Wildman–Crippen LogP) is 1.25. The molecule has 0 aliphatic heterocycles. The van der Waals surface area contributed by atoms with Gasteiger partial charge in [0.25, 0.3) is 0 Å². The number of aliphatic carboxylic acids is 1. The van der Waals surface area contributed by atoms with E-state index in [4.69, 9.17) is 5.11 Å². The van der Waals surface area contributed by atoms with Crippen molar-refractivity contribution in [2.24, 2.45) is 0 Å². The maximum atomic E-state index is 11.7. The van der Waals surface area contributed by atoms with E-state index < -0.39 is 24.1 Å². The van der Waals surface area contributed by atoms with E-state index in [-0.39, 0.29) is 6.04 Å². The summed E-state index contributed by atoms with van der Waals surface area (Å²) in [5, 5.41) is 23.0. The summed E-state index contributed by atoms with van der Waals surface area (Å²) in [7, 11) is 0. The molecule has 1 aromatic rings. The molecule has 0 spiro atoms. The van der Waals surface area contributed by atoms with Gasteiger partial charge in [0, 0.05) is 9.75 Å². The standard InChI is InChI=1S/C12H18N2O4S/c1-6-4-5-9(19-6)7(2)13-12(18)14-10(8(3)15)11(16)17/h4-5,7-8,10,15H,1-3H3,(H,16,17)(H2,13,14,18)/t7?,8-,10+/m1/s1. The van der Waals surface area contributed by atoms with Crippen LogP contribution >= 0.6 is 11.3 Å². The molecule has 1 aromatic heterocycles. The highest BCUT2D eigenvalue weighted by Gasteiger charge is 2.25. The van der Waals surface area contributed by atoms with Gasteiger partial charge in [-0.3, -0.25) is 0 Å². The second-order valence-electron chi connectivity index (χ2n) is 4.34. The summed E-state index contributed by atoms with van der Waals surface area (Å²) in [4.78, 5) is 24.6. The first-order valence-electron chi connectivity index (χ1n) is 5.85. The van der Waals surface area contributed by atoms with E-state index in [0.717, 1.165) is 9.75 Å². The van der Waals surface area contributed by atoms with Crippen LogP contribution in [0.5, 0.6) is 0 Å². The van der Waals surface area contributed by atoms with Gasteiger partial charge in [0.15, 0.2) is 6.04 Å². The highest BCUT2D eigenvalue weighted by atomic mass is 32.1. The Bertz CT molecular complexity index is 458. The van der Waals surface area contributed by atoms with Crippen LogP contribution in [0, 0.1) is 6.92 Å². The molecule has 19 heavy (non-hydrogen) atoms. The zero-order valence-corrected chi connectivity index (χ0v) is 11.8. The summed E-state index contributed by atoms with van der Waals surface area (Å²) < 4.78 is 0. The first-order chi connectivity index (χ1) is 8.81. The van der Waals surface area contributed by atoms with Gasteiger partial charge in [-0.05, 0) is 32.9 Å². The first-order valence-corrected chi connectivity index (χ1v) is 6.67. The third kappa shape index (κ3) is 4.53. The van der Waals surface area contributed by atoms with Crippen molar-refractivity contribution in [2.45, 2.75) is 39.0 Å². The molecule has 0 bridgehead atoms. The van der Waals surface area contributed by atoms with Crippen molar-refractivity contribution in [3.8, 4) is 0 Å². The van der Waals surface area contributed by atoms with E-state index in [1.807, 2.05) is 26.0 Å². The van der Waals surface area contributed by atoms with Gasteiger partial charge in [-0.2, -0.15) is 0 Å². The summed E-state index contributed by atoms with van der Waals surface area (Å²) in [5.41, 5.74) is 0. The second-order valence-corrected chi connectivity index (χ2v) is 5.66. The molecule has 0 saturated heterocycles. The van der Waals surface area contributed by atoms with Crippen molar-refractivity contribution in [2.75, 3.05) is 0 Å². The van der Waals surface area contributed by atoms with Gasteiger partial charge >= 0.3 is 12.0 Å². The van der Waals surface area contributed by atoms with E-state index in [0.29, 0.717) is 0 Å². The van der Waals surface area contributed by atoms with Crippen molar-refractivity contribution >= 4 is 23.3 Å². The molecule has 1 heterocycles. The number of amides is 2. The number of carbonyl (C=O) groups is 2. The average molecular weight is 286 g/mol. The van der Waals surface area contributed by atoms with Crippen LogP contribution in [-0.4, -0.2) is 34.4 Å². The molecule has 4 N–H and O–H groups in total. The quantitative estimate of drug-likeness (QED) is 0.654. The molecule has 0 saturated carbocycles. The lowest BCUT2D eigenvalue weighted by molar-refractivity contribution is -0.141. The molecule has 2 amide bonds. The Morgan fingerprint density at radius 2 is 1.89 bits per heavy atom. The lowest BCUT2D eigenvalue weighted by Gasteiger charge is -2.19. The Kier molecular flexibility index (Phi) is 5.31. The number of aliphatic hydroxyl groups is 1. The maximum absolute atomic E-state index is 11.7. The average Bonchev–Trinajstić information content (AvgIpc) is 2.72. The number of nitrogens with one attached hydrogen (secondary N) is 2. The van der Waals surface area contributed by atoms with Gasteiger partial charge in [-0.25, -0.2) is 9.59 Å². The van der Waals surface area contributed by atoms with Crippen LogP contribution in [-0.2, 0) is 4.79 Å². The number of carboxylic acids is 1. The first kappa shape index (κ1) is 15.5. The van der Waals surface area contributed by atoms with Crippen LogP contribution < -0.4 is 10.6 Å². The van der Waals surface area contributed by atoms with Crippen LogP contribution in [0.1, 0.15) is 29.6 Å². The number of aryl methyl sites for hydroxylation is 1. The van der Waals surface area contributed by atoms with E-state index >= 15 is 0 Å². The van der Waals surface area contributed by atoms with Crippen LogP contribution in [0.4, 0.5) is 4.79 Å². The minimum atomic E-state index is -1.32. The topological polar surface area (TPSA) is 98.7 Å². The minimum Gasteiger partial charge on any atom is -0.480 e. The molecule has 0 radical (unpaired) electrons.